The van der Waals surface area contributed by atoms with Gasteiger partial charge in [0.2, 0.25) is 11.6 Å². The van der Waals surface area contributed by atoms with Gasteiger partial charge in [0.15, 0.2) is 0 Å². The molecule has 0 radical (unpaired) electrons. The molecule has 0 heterocycles. The predicted octanol–water partition coefficient (Wildman–Crippen LogP) is 3.40. The average Bonchev–Trinajstić information content (AvgIpc) is 2.46. The van der Waals surface area contributed by atoms with Crippen LogP contribution in [0.25, 0.3) is 6.08 Å². The van der Waals surface area contributed by atoms with Crippen LogP contribution in [0, 0.1) is 0 Å². The van der Waals surface area contributed by atoms with E-state index in [0.29, 0.717) is 11.1 Å². The molecule has 18 heavy (non-hydrogen) atoms. The molecule has 2 aromatic rings. The Morgan fingerprint density at radius 2 is 1.44 bits per heavy atom. The first-order valence-electron chi connectivity index (χ1n) is 5.59. The maximum absolute atomic E-state index is 12.0. The minimum absolute atomic E-state index is 0.390. The molecule has 2 heteroatoms. The van der Waals surface area contributed by atoms with E-state index >= 15 is 0 Å². The standard InChI is InChI=1S/C16H12O2/c1-2-12-7-6-10-14(11-12)16(18)15(17)13-8-4-3-5-9-13/h2-11H,1H2. The highest BCUT2D eigenvalue weighted by Gasteiger charge is 2.17. The lowest BCUT2D eigenvalue weighted by Crippen LogP contribution is -2.14. The van der Waals surface area contributed by atoms with Crippen LogP contribution in [0.15, 0.2) is 61.2 Å². The third-order valence-corrected chi connectivity index (χ3v) is 2.63. The summed E-state index contributed by atoms with van der Waals surface area (Å²) < 4.78 is 0. The second-order valence-corrected chi connectivity index (χ2v) is 3.85. The van der Waals surface area contributed by atoms with E-state index in [1.165, 1.54) is 0 Å². The summed E-state index contributed by atoms with van der Waals surface area (Å²) in [5, 5.41) is 0. The minimum Gasteiger partial charge on any atom is -0.285 e. The average molecular weight is 236 g/mol. The quantitative estimate of drug-likeness (QED) is 0.602. The Morgan fingerprint density at radius 1 is 0.833 bits per heavy atom. The lowest BCUT2D eigenvalue weighted by molar-refractivity contribution is 0.0817. The van der Waals surface area contributed by atoms with Crippen molar-refractivity contribution in [1.82, 2.24) is 0 Å². The summed E-state index contributed by atoms with van der Waals surface area (Å²) in [6.07, 6.45) is 1.64. The predicted molar refractivity (Wildman–Crippen MR) is 71.6 cm³/mol. The molecule has 2 aromatic carbocycles. The monoisotopic (exact) mass is 236 g/mol. The van der Waals surface area contributed by atoms with Gasteiger partial charge >= 0.3 is 0 Å². The van der Waals surface area contributed by atoms with Gasteiger partial charge in [-0.3, -0.25) is 9.59 Å². The Balaban J connectivity index is 2.31. The lowest BCUT2D eigenvalue weighted by Gasteiger charge is -2.01. The van der Waals surface area contributed by atoms with Gasteiger partial charge < -0.3 is 0 Å². The molecule has 0 unspecified atom stereocenters. The highest BCUT2D eigenvalue weighted by atomic mass is 16.2. The van der Waals surface area contributed by atoms with Crippen molar-refractivity contribution in [3.63, 3.8) is 0 Å². The molecular formula is C16H12O2. The number of hydrogen-bond acceptors (Lipinski definition) is 2. The summed E-state index contributed by atoms with van der Waals surface area (Å²) in [5.41, 5.74) is 1.62. The van der Waals surface area contributed by atoms with Crippen molar-refractivity contribution < 1.29 is 9.59 Å². The van der Waals surface area contributed by atoms with Crippen LogP contribution in [0.5, 0.6) is 0 Å². The molecule has 0 amide bonds. The van der Waals surface area contributed by atoms with Gasteiger partial charge in [0, 0.05) is 11.1 Å². The molecule has 0 fully saturated rings. The molecule has 0 aliphatic carbocycles. The lowest BCUT2D eigenvalue weighted by atomic mass is 10.00. The molecule has 0 spiro atoms. The second kappa shape index (κ2) is 5.23. The summed E-state index contributed by atoms with van der Waals surface area (Å²) >= 11 is 0. The fourth-order valence-electron chi connectivity index (χ4n) is 1.66. The fourth-order valence-corrected chi connectivity index (χ4v) is 1.66. The van der Waals surface area contributed by atoms with E-state index in [1.54, 1.807) is 54.6 Å². The summed E-state index contributed by atoms with van der Waals surface area (Å²) in [6, 6.07) is 15.4. The van der Waals surface area contributed by atoms with Crippen LogP contribution >= 0.6 is 0 Å². The van der Waals surface area contributed by atoms with Crippen molar-refractivity contribution in [2.24, 2.45) is 0 Å². The highest BCUT2D eigenvalue weighted by molar-refractivity contribution is 6.49. The van der Waals surface area contributed by atoms with E-state index in [-0.39, 0.29) is 0 Å². The third kappa shape index (κ3) is 2.43. The number of carbonyl (C=O) groups is 2. The van der Waals surface area contributed by atoms with Crippen molar-refractivity contribution in [2.75, 3.05) is 0 Å². The van der Waals surface area contributed by atoms with Crippen molar-refractivity contribution in [2.45, 2.75) is 0 Å². The molecule has 2 rings (SSSR count). The number of ketones is 2. The first kappa shape index (κ1) is 12.0. The van der Waals surface area contributed by atoms with Crippen LogP contribution in [-0.2, 0) is 0 Å². The van der Waals surface area contributed by atoms with Crippen molar-refractivity contribution in [3.05, 3.63) is 77.9 Å². The zero-order valence-corrected chi connectivity index (χ0v) is 9.80. The second-order valence-electron chi connectivity index (χ2n) is 3.85. The fraction of sp³-hybridized carbons (Fsp3) is 0. The van der Waals surface area contributed by atoms with Crippen LogP contribution in [-0.4, -0.2) is 11.6 Å². The Bertz CT molecular complexity index is 598. The number of Topliss-reactive ketones (excluding diaryl/α,β-unsaturated/α-hetero) is 2. The van der Waals surface area contributed by atoms with Crippen molar-refractivity contribution in [1.29, 1.82) is 0 Å². The summed E-state index contributed by atoms with van der Waals surface area (Å²) in [4.78, 5) is 24.0. The molecule has 2 nitrogen and oxygen atoms in total. The maximum atomic E-state index is 12.0. The van der Waals surface area contributed by atoms with Gasteiger partial charge in [-0.2, -0.15) is 0 Å². The smallest absolute Gasteiger partial charge is 0.233 e. The van der Waals surface area contributed by atoms with Crippen molar-refractivity contribution in [3.8, 4) is 0 Å². The zero-order valence-electron chi connectivity index (χ0n) is 9.80. The highest BCUT2D eigenvalue weighted by Crippen LogP contribution is 2.11. The van der Waals surface area contributed by atoms with Crippen LogP contribution < -0.4 is 0 Å². The number of rotatable bonds is 4. The molecule has 0 saturated carbocycles. The van der Waals surface area contributed by atoms with Gasteiger partial charge in [-0.1, -0.05) is 61.2 Å². The van der Waals surface area contributed by atoms with E-state index in [4.69, 9.17) is 0 Å². The normalized spacial score (nSPS) is 9.78. The molecule has 88 valence electrons. The molecule has 0 aliphatic heterocycles. The van der Waals surface area contributed by atoms with Crippen LogP contribution in [0.4, 0.5) is 0 Å². The van der Waals surface area contributed by atoms with Gasteiger partial charge in [0.25, 0.3) is 0 Å². The Hall–Kier alpha value is -2.48. The van der Waals surface area contributed by atoms with Gasteiger partial charge in [-0.25, -0.2) is 0 Å². The van der Waals surface area contributed by atoms with Crippen LogP contribution in [0.1, 0.15) is 26.3 Å². The topological polar surface area (TPSA) is 34.1 Å². The molecule has 0 N–H and O–H groups in total. The largest absolute Gasteiger partial charge is 0.285 e. The molecule has 0 aromatic heterocycles. The first-order valence-corrected chi connectivity index (χ1v) is 5.59. The van der Waals surface area contributed by atoms with Gasteiger partial charge in [-0.05, 0) is 11.6 Å². The van der Waals surface area contributed by atoms with E-state index in [0.717, 1.165) is 5.56 Å². The molecule has 0 atom stereocenters. The molecular weight excluding hydrogens is 224 g/mol. The molecule has 0 bridgehead atoms. The number of carbonyl (C=O) groups excluding carboxylic acids is 2. The third-order valence-electron chi connectivity index (χ3n) is 2.63. The van der Waals surface area contributed by atoms with E-state index in [9.17, 15) is 9.59 Å². The maximum Gasteiger partial charge on any atom is 0.233 e. The molecule has 0 aliphatic rings. The van der Waals surface area contributed by atoms with Crippen LogP contribution in [0.3, 0.4) is 0 Å². The van der Waals surface area contributed by atoms with Gasteiger partial charge in [0.1, 0.15) is 0 Å². The SMILES string of the molecule is C=Cc1cccc(C(=O)C(=O)c2ccccc2)c1. The summed E-state index contributed by atoms with van der Waals surface area (Å²) in [5.74, 6) is -0.985. The summed E-state index contributed by atoms with van der Waals surface area (Å²) in [6.45, 7) is 3.64. The van der Waals surface area contributed by atoms with Gasteiger partial charge in [-0.15, -0.1) is 0 Å². The van der Waals surface area contributed by atoms with Crippen LogP contribution in [0.2, 0.25) is 0 Å². The zero-order chi connectivity index (χ0) is 13.0. The van der Waals surface area contributed by atoms with E-state index < -0.39 is 11.6 Å². The minimum atomic E-state index is -0.495. The Labute approximate surface area is 106 Å². The molecule has 0 saturated heterocycles. The van der Waals surface area contributed by atoms with E-state index in [2.05, 4.69) is 6.58 Å². The number of benzene rings is 2. The Morgan fingerprint density at radius 3 is 2.11 bits per heavy atom. The Kier molecular flexibility index (Phi) is 3.49. The van der Waals surface area contributed by atoms with Crippen molar-refractivity contribution >= 4 is 17.6 Å². The first-order chi connectivity index (χ1) is 8.72. The summed E-state index contributed by atoms with van der Waals surface area (Å²) in [7, 11) is 0. The number of hydrogen-bond donors (Lipinski definition) is 0. The van der Waals surface area contributed by atoms with E-state index in [1.807, 2.05) is 6.07 Å². The van der Waals surface area contributed by atoms with Gasteiger partial charge in [0.05, 0.1) is 0 Å².